The van der Waals surface area contributed by atoms with Crippen LogP contribution in [0.3, 0.4) is 0 Å². The van der Waals surface area contributed by atoms with Gasteiger partial charge in [-0.05, 0) is 49.2 Å². The number of aryl methyl sites for hydroxylation is 2. The Kier molecular flexibility index (Phi) is 5.91. The van der Waals surface area contributed by atoms with Crippen molar-refractivity contribution in [1.82, 2.24) is 0 Å². The lowest BCUT2D eigenvalue weighted by atomic mass is 10.1. The number of para-hydroxylation sites is 1. The molecule has 1 heterocycles. The van der Waals surface area contributed by atoms with Crippen LogP contribution < -0.4 is 14.9 Å². The summed E-state index contributed by atoms with van der Waals surface area (Å²) in [6.07, 6.45) is 1.97. The maximum atomic E-state index is 12.9. The van der Waals surface area contributed by atoms with Crippen molar-refractivity contribution in [2.75, 3.05) is 0 Å². The van der Waals surface area contributed by atoms with Crippen molar-refractivity contribution in [2.24, 2.45) is 0 Å². The molecule has 8 nitrogen and oxygen atoms in total. The van der Waals surface area contributed by atoms with Crippen LogP contribution in [0, 0.1) is 17.0 Å². The Balaban J connectivity index is 1.58. The first-order valence-corrected chi connectivity index (χ1v) is 10.2. The van der Waals surface area contributed by atoms with Crippen LogP contribution in [0.5, 0.6) is 17.2 Å². The number of fused-ring (bicyclic) bond motifs is 1. The molecule has 0 atom stereocenters. The van der Waals surface area contributed by atoms with Gasteiger partial charge in [-0.25, -0.2) is 4.79 Å². The number of hydrogen-bond acceptors (Lipinski definition) is 7. The Morgan fingerprint density at radius 3 is 2.58 bits per heavy atom. The average Bonchev–Trinajstić information content (AvgIpc) is 2.81. The lowest BCUT2D eigenvalue weighted by molar-refractivity contribution is -0.385. The maximum Gasteiger partial charge on any atom is 0.343 e. The Hall–Kier alpha value is -4.46. The molecule has 0 aliphatic rings. The summed E-state index contributed by atoms with van der Waals surface area (Å²) in [6, 6.07) is 15.8. The monoisotopic (exact) mass is 445 g/mol. The molecule has 0 fully saturated rings. The zero-order valence-corrected chi connectivity index (χ0v) is 17.9. The van der Waals surface area contributed by atoms with Crippen molar-refractivity contribution in [3.63, 3.8) is 0 Å². The van der Waals surface area contributed by atoms with E-state index in [0.29, 0.717) is 11.3 Å². The second-order valence-electron chi connectivity index (χ2n) is 7.30. The van der Waals surface area contributed by atoms with E-state index in [2.05, 4.69) is 0 Å². The predicted molar refractivity (Wildman–Crippen MR) is 121 cm³/mol. The summed E-state index contributed by atoms with van der Waals surface area (Å²) in [5, 5.41) is 11.2. The second kappa shape index (κ2) is 8.96. The fourth-order valence-electron chi connectivity index (χ4n) is 3.39. The largest absolute Gasteiger partial charge is 0.460 e. The third kappa shape index (κ3) is 4.45. The number of nitro benzene ring substituents is 1. The van der Waals surface area contributed by atoms with Crippen LogP contribution in [-0.2, 0) is 6.42 Å². The van der Waals surface area contributed by atoms with Crippen molar-refractivity contribution in [1.29, 1.82) is 0 Å². The van der Waals surface area contributed by atoms with E-state index in [0.717, 1.165) is 12.0 Å². The highest BCUT2D eigenvalue weighted by molar-refractivity contribution is 5.92. The van der Waals surface area contributed by atoms with E-state index in [1.54, 1.807) is 6.07 Å². The average molecular weight is 445 g/mol. The minimum absolute atomic E-state index is 0.0505. The molecular weight excluding hydrogens is 426 g/mol. The number of carbonyl (C=O) groups is 1. The van der Waals surface area contributed by atoms with E-state index in [1.807, 2.05) is 25.1 Å². The van der Waals surface area contributed by atoms with E-state index in [-0.39, 0.29) is 39.1 Å². The lowest BCUT2D eigenvalue weighted by Crippen LogP contribution is -2.10. The predicted octanol–water partition coefficient (Wildman–Crippen LogP) is 5.58. The van der Waals surface area contributed by atoms with Gasteiger partial charge < -0.3 is 13.9 Å². The van der Waals surface area contributed by atoms with Crippen LogP contribution in [0.25, 0.3) is 11.0 Å². The molecule has 0 saturated carbocycles. The molecule has 8 heteroatoms. The molecule has 3 aromatic carbocycles. The molecule has 4 rings (SSSR count). The van der Waals surface area contributed by atoms with Gasteiger partial charge in [0.2, 0.25) is 11.2 Å². The van der Waals surface area contributed by atoms with Gasteiger partial charge in [0.25, 0.3) is 5.69 Å². The smallest absolute Gasteiger partial charge is 0.343 e. The van der Waals surface area contributed by atoms with Crippen LogP contribution >= 0.6 is 0 Å². The molecule has 1 aromatic heterocycles. The summed E-state index contributed by atoms with van der Waals surface area (Å²) in [7, 11) is 0. The quantitative estimate of drug-likeness (QED) is 0.165. The highest BCUT2D eigenvalue weighted by Gasteiger charge is 2.17. The number of benzene rings is 3. The zero-order valence-electron chi connectivity index (χ0n) is 17.9. The molecule has 0 amide bonds. The van der Waals surface area contributed by atoms with Crippen molar-refractivity contribution >= 4 is 22.6 Å². The third-order valence-electron chi connectivity index (χ3n) is 5.13. The van der Waals surface area contributed by atoms with Gasteiger partial charge in [0.1, 0.15) is 23.3 Å². The van der Waals surface area contributed by atoms with Gasteiger partial charge in [0, 0.05) is 17.7 Å². The van der Waals surface area contributed by atoms with E-state index in [4.69, 9.17) is 13.9 Å². The van der Waals surface area contributed by atoms with Crippen LogP contribution in [0.15, 0.2) is 76.1 Å². The molecular formula is C25H19NO7. The molecule has 0 saturated heterocycles. The minimum Gasteiger partial charge on any atom is -0.460 e. The second-order valence-corrected chi connectivity index (χ2v) is 7.30. The Labute approximate surface area is 188 Å². The van der Waals surface area contributed by atoms with Gasteiger partial charge >= 0.3 is 5.97 Å². The van der Waals surface area contributed by atoms with Gasteiger partial charge in [-0.2, -0.15) is 0 Å². The van der Waals surface area contributed by atoms with E-state index >= 15 is 0 Å². The molecule has 33 heavy (non-hydrogen) atoms. The molecule has 0 bridgehead atoms. The Bertz CT molecular complexity index is 1440. The molecule has 0 radical (unpaired) electrons. The molecule has 0 aliphatic heterocycles. The molecule has 0 aliphatic carbocycles. The summed E-state index contributed by atoms with van der Waals surface area (Å²) in [5.74, 6) is 0.104. The first-order valence-electron chi connectivity index (χ1n) is 10.2. The van der Waals surface area contributed by atoms with Crippen LogP contribution in [0.4, 0.5) is 5.69 Å². The zero-order chi connectivity index (χ0) is 23.5. The highest BCUT2D eigenvalue weighted by Crippen LogP contribution is 2.27. The summed E-state index contributed by atoms with van der Waals surface area (Å²) in [5.41, 5.74) is 1.25. The van der Waals surface area contributed by atoms with E-state index < -0.39 is 10.9 Å². The number of esters is 1. The third-order valence-corrected chi connectivity index (χ3v) is 5.13. The number of rotatable bonds is 6. The molecule has 0 N–H and O–H groups in total. The summed E-state index contributed by atoms with van der Waals surface area (Å²) >= 11 is 0. The highest BCUT2D eigenvalue weighted by atomic mass is 16.6. The molecule has 0 unspecified atom stereocenters. The molecule has 4 aromatic rings. The normalized spacial score (nSPS) is 10.7. The Morgan fingerprint density at radius 1 is 1.06 bits per heavy atom. The van der Waals surface area contributed by atoms with E-state index in [9.17, 15) is 19.7 Å². The fraction of sp³-hybridized carbons (Fsp3) is 0.120. The van der Waals surface area contributed by atoms with E-state index in [1.165, 1.54) is 49.6 Å². The maximum absolute atomic E-state index is 12.9. The first kappa shape index (κ1) is 21.8. The number of carbonyl (C=O) groups excluding carboxylic acids is 1. The van der Waals surface area contributed by atoms with Crippen LogP contribution in [-0.4, -0.2) is 10.9 Å². The summed E-state index contributed by atoms with van der Waals surface area (Å²) in [4.78, 5) is 35.8. The summed E-state index contributed by atoms with van der Waals surface area (Å²) < 4.78 is 16.7. The topological polar surface area (TPSA) is 109 Å². The number of ether oxygens (including phenoxy) is 2. The van der Waals surface area contributed by atoms with Gasteiger partial charge in [-0.1, -0.05) is 25.1 Å². The minimum atomic E-state index is -0.689. The standard InChI is InChI=1S/C25H19NO7/c1-3-16-6-4-5-7-21(16)33-23-14-31-22-13-18(9-10-19(22)24(23)27)32-25(28)17-8-11-20(26(29)30)15(2)12-17/h4-14H,3H2,1-2H3. The van der Waals surface area contributed by atoms with Gasteiger partial charge in [0.15, 0.2) is 0 Å². The number of hydrogen-bond donors (Lipinski definition) is 0. The first-order chi connectivity index (χ1) is 15.9. The number of nitrogens with zero attached hydrogens (tertiary/aromatic N) is 1. The molecule has 166 valence electrons. The summed E-state index contributed by atoms with van der Waals surface area (Å²) in [6.45, 7) is 3.53. The van der Waals surface area contributed by atoms with Gasteiger partial charge in [-0.3, -0.25) is 14.9 Å². The van der Waals surface area contributed by atoms with Crippen molar-refractivity contribution in [3.8, 4) is 17.2 Å². The lowest BCUT2D eigenvalue weighted by Gasteiger charge is -2.10. The van der Waals surface area contributed by atoms with Gasteiger partial charge in [0.05, 0.1) is 15.9 Å². The fourth-order valence-corrected chi connectivity index (χ4v) is 3.39. The molecule has 0 spiro atoms. The van der Waals surface area contributed by atoms with Gasteiger partial charge in [-0.15, -0.1) is 0 Å². The Morgan fingerprint density at radius 2 is 1.85 bits per heavy atom. The SMILES string of the molecule is CCc1ccccc1Oc1coc2cc(OC(=O)c3ccc([N+](=O)[O-])c(C)c3)ccc2c1=O. The van der Waals surface area contributed by atoms with Crippen molar-refractivity contribution in [3.05, 3.63) is 104 Å². The van der Waals surface area contributed by atoms with Crippen molar-refractivity contribution in [2.45, 2.75) is 20.3 Å². The number of nitro groups is 1. The van der Waals surface area contributed by atoms with Crippen molar-refractivity contribution < 1.29 is 23.6 Å². The van der Waals surface area contributed by atoms with Crippen LogP contribution in [0.2, 0.25) is 0 Å². The van der Waals surface area contributed by atoms with Crippen LogP contribution in [0.1, 0.15) is 28.4 Å².